The first kappa shape index (κ1) is 22.8. The number of benzene rings is 2. The number of rotatable bonds is 3. The molecule has 0 saturated carbocycles. The molecule has 0 N–H and O–H groups in total. The number of amides is 1. The number of hydrogen-bond donors (Lipinski definition) is 0. The molecule has 1 spiro atoms. The molecule has 0 aromatic heterocycles. The zero-order valence-electron chi connectivity index (χ0n) is 19.3. The van der Waals surface area contributed by atoms with E-state index in [-0.39, 0.29) is 24.9 Å². The highest BCUT2D eigenvalue weighted by Gasteiger charge is 2.44. The van der Waals surface area contributed by atoms with E-state index in [0.29, 0.717) is 42.8 Å². The number of esters is 1. The van der Waals surface area contributed by atoms with Gasteiger partial charge in [0.2, 0.25) is 0 Å². The Balaban J connectivity index is 1.40. The van der Waals surface area contributed by atoms with Gasteiger partial charge in [0.15, 0.2) is 5.78 Å². The van der Waals surface area contributed by atoms with E-state index in [1.54, 1.807) is 23.1 Å². The Labute approximate surface area is 193 Å². The largest absolute Gasteiger partial charge is 0.486 e. The number of ether oxygens (including phenoxy) is 3. The summed E-state index contributed by atoms with van der Waals surface area (Å²) in [5.74, 6) is -0.0864. The summed E-state index contributed by atoms with van der Waals surface area (Å²) in [7, 11) is 0. The minimum Gasteiger partial charge on any atom is -0.486 e. The summed E-state index contributed by atoms with van der Waals surface area (Å²) in [6.45, 7) is 6.59. The fourth-order valence-electron chi connectivity index (χ4n) is 4.13. The maximum absolute atomic E-state index is 13.0. The molecular formula is C26H29NO6. The molecule has 4 rings (SSSR count). The molecule has 0 unspecified atom stereocenters. The van der Waals surface area contributed by atoms with Crippen LogP contribution in [-0.4, -0.2) is 47.0 Å². The van der Waals surface area contributed by atoms with Crippen molar-refractivity contribution in [2.75, 3.05) is 13.1 Å². The van der Waals surface area contributed by atoms with Gasteiger partial charge < -0.3 is 19.1 Å². The SMILES string of the molecule is CC(C)(C)OC(=O)N1CCC2(CC1)CC(=O)c1cc(C(=O)OCc3ccccc3)ccc1O2. The summed E-state index contributed by atoms with van der Waals surface area (Å²) in [4.78, 5) is 39.5. The van der Waals surface area contributed by atoms with Crippen molar-refractivity contribution < 1.29 is 28.6 Å². The highest BCUT2D eigenvalue weighted by Crippen LogP contribution is 2.40. The Morgan fingerprint density at radius 3 is 2.42 bits per heavy atom. The molecule has 174 valence electrons. The first-order valence-corrected chi connectivity index (χ1v) is 11.2. The van der Waals surface area contributed by atoms with Crippen LogP contribution in [0.2, 0.25) is 0 Å². The van der Waals surface area contributed by atoms with Gasteiger partial charge in [0.1, 0.15) is 23.6 Å². The number of nitrogens with zero attached hydrogens (tertiary/aromatic N) is 1. The molecule has 0 atom stereocenters. The third-order valence-corrected chi connectivity index (χ3v) is 5.86. The average molecular weight is 452 g/mol. The topological polar surface area (TPSA) is 82.1 Å². The van der Waals surface area contributed by atoms with Crippen molar-refractivity contribution in [2.24, 2.45) is 0 Å². The fourth-order valence-corrected chi connectivity index (χ4v) is 4.13. The van der Waals surface area contributed by atoms with Crippen LogP contribution in [0.5, 0.6) is 5.75 Å². The van der Waals surface area contributed by atoms with E-state index in [0.717, 1.165) is 5.56 Å². The standard InChI is InChI=1S/C26H29NO6/c1-25(2,3)33-24(30)27-13-11-26(12-14-27)16-21(28)20-15-19(9-10-22(20)32-26)23(29)31-17-18-7-5-4-6-8-18/h4-10,15H,11-14,16-17H2,1-3H3. The van der Waals surface area contributed by atoms with E-state index in [1.807, 2.05) is 51.1 Å². The number of piperidine rings is 1. The van der Waals surface area contributed by atoms with Crippen LogP contribution in [0.3, 0.4) is 0 Å². The molecule has 2 aromatic rings. The van der Waals surface area contributed by atoms with E-state index in [9.17, 15) is 14.4 Å². The maximum atomic E-state index is 13.0. The Hall–Kier alpha value is -3.35. The lowest BCUT2D eigenvalue weighted by atomic mass is 9.82. The van der Waals surface area contributed by atoms with Crippen molar-refractivity contribution in [2.45, 2.75) is 57.8 Å². The van der Waals surface area contributed by atoms with Crippen LogP contribution in [-0.2, 0) is 16.1 Å². The van der Waals surface area contributed by atoms with Crippen LogP contribution in [0.15, 0.2) is 48.5 Å². The van der Waals surface area contributed by atoms with Crippen molar-refractivity contribution >= 4 is 17.8 Å². The normalized spacial score (nSPS) is 17.2. The molecule has 2 aliphatic rings. The molecule has 33 heavy (non-hydrogen) atoms. The Morgan fingerprint density at radius 2 is 1.76 bits per heavy atom. The van der Waals surface area contributed by atoms with Crippen molar-refractivity contribution in [3.8, 4) is 5.75 Å². The third-order valence-electron chi connectivity index (χ3n) is 5.86. The first-order chi connectivity index (χ1) is 15.6. The van der Waals surface area contributed by atoms with Crippen LogP contribution < -0.4 is 4.74 Å². The van der Waals surface area contributed by atoms with Crippen LogP contribution in [0.1, 0.15) is 66.3 Å². The lowest BCUT2D eigenvalue weighted by Crippen LogP contribution is -2.53. The number of fused-ring (bicyclic) bond motifs is 1. The Kier molecular flexibility index (Phi) is 6.15. The summed E-state index contributed by atoms with van der Waals surface area (Å²) in [6, 6.07) is 14.2. The number of Topliss-reactive ketones (excluding diaryl/α,β-unsaturated/α-hetero) is 1. The van der Waals surface area contributed by atoms with Crippen molar-refractivity contribution in [1.29, 1.82) is 0 Å². The number of carbonyl (C=O) groups is 3. The average Bonchev–Trinajstić information content (AvgIpc) is 2.77. The molecule has 7 heteroatoms. The molecule has 0 radical (unpaired) electrons. The van der Waals surface area contributed by atoms with E-state index in [4.69, 9.17) is 14.2 Å². The first-order valence-electron chi connectivity index (χ1n) is 11.2. The lowest BCUT2D eigenvalue weighted by Gasteiger charge is -2.44. The molecular weight excluding hydrogens is 422 g/mol. The molecule has 0 bridgehead atoms. The van der Waals surface area contributed by atoms with Gasteiger partial charge in [-0.3, -0.25) is 4.79 Å². The van der Waals surface area contributed by atoms with Crippen molar-refractivity contribution in [3.05, 3.63) is 65.2 Å². The second-order valence-electron chi connectivity index (χ2n) is 9.63. The van der Waals surface area contributed by atoms with Gasteiger partial charge in [-0.05, 0) is 44.5 Å². The summed E-state index contributed by atoms with van der Waals surface area (Å²) in [5.41, 5.74) is 0.407. The van der Waals surface area contributed by atoms with Gasteiger partial charge >= 0.3 is 12.1 Å². The zero-order valence-corrected chi connectivity index (χ0v) is 19.3. The molecule has 2 heterocycles. The Bertz CT molecular complexity index is 1050. The lowest BCUT2D eigenvalue weighted by molar-refractivity contribution is -0.0226. The summed E-state index contributed by atoms with van der Waals surface area (Å²) < 4.78 is 17.1. The summed E-state index contributed by atoms with van der Waals surface area (Å²) in [5, 5.41) is 0. The second-order valence-corrected chi connectivity index (χ2v) is 9.63. The minimum absolute atomic E-state index is 0.0697. The minimum atomic E-state index is -0.641. The van der Waals surface area contributed by atoms with Gasteiger partial charge in [0.05, 0.1) is 17.5 Å². The van der Waals surface area contributed by atoms with Gasteiger partial charge in [0.25, 0.3) is 0 Å². The van der Waals surface area contributed by atoms with E-state index in [1.165, 1.54) is 0 Å². The van der Waals surface area contributed by atoms with Crippen LogP contribution >= 0.6 is 0 Å². The summed E-state index contributed by atoms with van der Waals surface area (Å²) >= 11 is 0. The Morgan fingerprint density at radius 1 is 1.06 bits per heavy atom. The molecule has 0 aliphatic carbocycles. The molecule has 2 aromatic carbocycles. The second kappa shape index (κ2) is 8.89. The van der Waals surface area contributed by atoms with Crippen LogP contribution in [0, 0.1) is 0 Å². The zero-order chi connectivity index (χ0) is 23.6. The predicted molar refractivity (Wildman–Crippen MR) is 121 cm³/mol. The highest BCUT2D eigenvalue weighted by molar-refractivity contribution is 6.02. The molecule has 1 saturated heterocycles. The molecule has 2 aliphatic heterocycles. The van der Waals surface area contributed by atoms with Gasteiger partial charge in [-0.2, -0.15) is 0 Å². The highest BCUT2D eigenvalue weighted by atomic mass is 16.6. The number of likely N-dealkylation sites (tertiary alicyclic amines) is 1. The van der Waals surface area contributed by atoms with Gasteiger partial charge in [-0.25, -0.2) is 9.59 Å². The van der Waals surface area contributed by atoms with Crippen LogP contribution in [0.25, 0.3) is 0 Å². The molecule has 1 fully saturated rings. The van der Waals surface area contributed by atoms with Crippen molar-refractivity contribution in [1.82, 2.24) is 4.90 Å². The number of ketones is 1. The quantitative estimate of drug-likeness (QED) is 0.625. The number of hydrogen-bond acceptors (Lipinski definition) is 6. The monoisotopic (exact) mass is 451 g/mol. The van der Waals surface area contributed by atoms with Gasteiger partial charge in [0, 0.05) is 25.9 Å². The van der Waals surface area contributed by atoms with E-state index in [2.05, 4.69) is 0 Å². The molecule has 1 amide bonds. The third kappa shape index (κ3) is 5.35. The fraction of sp³-hybridized carbons (Fsp3) is 0.423. The predicted octanol–water partition coefficient (Wildman–Crippen LogP) is 4.78. The van der Waals surface area contributed by atoms with Crippen LogP contribution in [0.4, 0.5) is 4.79 Å². The van der Waals surface area contributed by atoms with Gasteiger partial charge in [-0.15, -0.1) is 0 Å². The number of carbonyl (C=O) groups excluding carboxylic acids is 3. The van der Waals surface area contributed by atoms with E-state index < -0.39 is 17.2 Å². The maximum Gasteiger partial charge on any atom is 0.410 e. The van der Waals surface area contributed by atoms with Gasteiger partial charge in [-0.1, -0.05) is 30.3 Å². The summed E-state index contributed by atoms with van der Waals surface area (Å²) in [6.07, 6.45) is 0.944. The van der Waals surface area contributed by atoms with E-state index >= 15 is 0 Å². The van der Waals surface area contributed by atoms with Crippen molar-refractivity contribution in [3.63, 3.8) is 0 Å². The molecule has 7 nitrogen and oxygen atoms in total. The smallest absolute Gasteiger partial charge is 0.410 e.